The topological polar surface area (TPSA) is 68.6 Å². The first-order chi connectivity index (χ1) is 9.16. The third-order valence-electron chi connectivity index (χ3n) is 2.98. The first-order valence-electron chi connectivity index (χ1n) is 5.68. The fraction of sp³-hybridized carbons (Fsp3) is 0.154. The second-order valence-electron chi connectivity index (χ2n) is 4.25. The van der Waals surface area contributed by atoms with Crippen LogP contribution in [0.4, 0.5) is 5.00 Å². The third kappa shape index (κ3) is 2.00. The van der Waals surface area contributed by atoms with Crippen LogP contribution < -0.4 is 5.11 Å². The van der Waals surface area contributed by atoms with E-state index in [0.29, 0.717) is 6.54 Å². The number of carboxylic acid groups (broad SMARTS) is 1. The van der Waals surface area contributed by atoms with Gasteiger partial charge in [0.15, 0.2) is 0 Å². The van der Waals surface area contributed by atoms with Gasteiger partial charge in [0.2, 0.25) is 0 Å². The van der Waals surface area contributed by atoms with Crippen LogP contribution in [0.2, 0.25) is 0 Å². The molecule has 0 amide bonds. The standard InChI is InChI=1S/C13H11N3O2S/c1-16-6-9-10(13(17)18)7-19-12(9)15-11(16)8-3-2-4-14-5-8/h2-5,7H,6H2,1H3,(H,17,18)/p-1. The summed E-state index contributed by atoms with van der Waals surface area (Å²) in [5, 5.41) is 13.3. The number of rotatable bonds is 2. The number of fused-ring (bicyclic) bond motifs is 1. The van der Waals surface area contributed by atoms with E-state index >= 15 is 0 Å². The van der Waals surface area contributed by atoms with E-state index in [2.05, 4.69) is 9.98 Å². The highest BCUT2D eigenvalue weighted by atomic mass is 32.1. The molecular formula is C13H10N3O2S-. The summed E-state index contributed by atoms with van der Waals surface area (Å²) in [6, 6.07) is 3.78. The molecule has 0 saturated carbocycles. The molecule has 3 rings (SSSR count). The zero-order chi connectivity index (χ0) is 13.4. The van der Waals surface area contributed by atoms with Gasteiger partial charge in [0.25, 0.3) is 0 Å². The average Bonchev–Trinajstić information content (AvgIpc) is 2.81. The molecular weight excluding hydrogens is 262 g/mol. The molecule has 0 aliphatic carbocycles. The molecule has 5 nitrogen and oxygen atoms in total. The van der Waals surface area contributed by atoms with Gasteiger partial charge < -0.3 is 14.8 Å². The summed E-state index contributed by atoms with van der Waals surface area (Å²) < 4.78 is 0. The number of hydrogen-bond donors (Lipinski definition) is 0. The first kappa shape index (κ1) is 11.9. The number of carboxylic acids is 1. The minimum absolute atomic E-state index is 0.237. The monoisotopic (exact) mass is 272 g/mol. The molecule has 3 heterocycles. The van der Waals surface area contributed by atoms with Crippen LogP contribution in [-0.2, 0) is 6.54 Å². The number of thiophene rings is 1. The van der Waals surface area contributed by atoms with Crippen molar-refractivity contribution in [2.75, 3.05) is 7.05 Å². The quantitative estimate of drug-likeness (QED) is 0.819. The maximum absolute atomic E-state index is 11.0. The molecule has 6 heteroatoms. The molecule has 19 heavy (non-hydrogen) atoms. The van der Waals surface area contributed by atoms with Crippen molar-refractivity contribution in [1.82, 2.24) is 9.88 Å². The summed E-state index contributed by atoms with van der Waals surface area (Å²) in [4.78, 5) is 21.5. The van der Waals surface area contributed by atoms with Crippen LogP contribution in [0, 0.1) is 0 Å². The van der Waals surface area contributed by atoms with E-state index in [1.807, 2.05) is 24.1 Å². The highest BCUT2D eigenvalue weighted by molar-refractivity contribution is 7.14. The van der Waals surface area contributed by atoms with Crippen molar-refractivity contribution in [3.63, 3.8) is 0 Å². The predicted molar refractivity (Wildman–Crippen MR) is 70.6 cm³/mol. The van der Waals surface area contributed by atoms with Gasteiger partial charge in [0, 0.05) is 48.1 Å². The first-order valence-corrected chi connectivity index (χ1v) is 6.56. The molecule has 0 N–H and O–H groups in total. The minimum atomic E-state index is -1.15. The summed E-state index contributed by atoms with van der Waals surface area (Å²) in [6.07, 6.45) is 3.45. The molecule has 1 aliphatic heterocycles. The molecule has 96 valence electrons. The Balaban J connectivity index is 2.08. The number of aromatic nitrogens is 1. The number of nitrogens with zero attached hydrogens (tertiary/aromatic N) is 3. The van der Waals surface area contributed by atoms with Crippen molar-refractivity contribution in [2.45, 2.75) is 6.54 Å². The van der Waals surface area contributed by atoms with Crippen molar-refractivity contribution in [3.8, 4) is 0 Å². The average molecular weight is 272 g/mol. The Morgan fingerprint density at radius 1 is 1.53 bits per heavy atom. The van der Waals surface area contributed by atoms with Gasteiger partial charge in [-0.1, -0.05) is 0 Å². The van der Waals surface area contributed by atoms with Crippen molar-refractivity contribution in [1.29, 1.82) is 0 Å². The highest BCUT2D eigenvalue weighted by Gasteiger charge is 2.22. The van der Waals surface area contributed by atoms with Crippen LogP contribution in [0.3, 0.4) is 0 Å². The molecule has 0 unspecified atom stereocenters. The van der Waals surface area contributed by atoms with Crippen LogP contribution in [0.15, 0.2) is 34.9 Å². The number of hydrogen-bond acceptors (Lipinski definition) is 6. The Bertz CT molecular complexity index is 664. The van der Waals surface area contributed by atoms with Crippen LogP contribution in [0.1, 0.15) is 21.5 Å². The Morgan fingerprint density at radius 2 is 2.37 bits per heavy atom. The number of amidine groups is 1. The minimum Gasteiger partial charge on any atom is -0.545 e. The van der Waals surface area contributed by atoms with Crippen molar-refractivity contribution in [3.05, 3.63) is 46.6 Å². The van der Waals surface area contributed by atoms with Crippen molar-refractivity contribution < 1.29 is 9.90 Å². The van der Waals surface area contributed by atoms with Crippen molar-refractivity contribution in [2.24, 2.45) is 4.99 Å². The zero-order valence-corrected chi connectivity index (χ0v) is 11.0. The van der Waals surface area contributed by atoms with Gasteiger partial charge in [0.05, 0.1) is 5.97 Å². The summed E-state index contributed by atoms with van der Waals surface area (Å²) in [7, 11) is 1.88. The second-order valence-corrected chi connectivity index (χ2v) is 5.11. The van der Waals surface area contributed by atoms with Crippen LogP contribution in [-0.4, -0.2) is 28.7 Å². The van der Waals surface area contributed by atoms with E-state index in [0.717, 1.165) is 22.0 Å². The Morgan fingerprint density at radius 3 is 3.05 bits per heavy atom. The third-order valence-corrected chi connectivity index (χ3v) is 3.89. The summed E-state index contributed by atoms with van der Waals surface area (Å²) >= 11 is 1.33. The summed E-state index contributed by atoms with van der Waals surface area (Å²) in [5.41, 5.74) is 1.88. The van der Waals surface area contributed by atoms with E-state index in [9.17, 15) is 9.90 Å². The molecule has 0 radical (unpaired) electrons. The predicted octanol–water partition coefficient (Wildman–Crippen LogP) is 1.03. The smallest absolute Gasteiger partial charge is 0.139 e. The zero-order valence-electron chi connectivity index (χ0n) is 10.2. The van der Waals surface area contributed by atoms with Crippen molar-refractivity contribution >= 4 is 28.1 Å². The molecule has 0 saturated heterocycles. The number of pyridine rings is 1. The molecule has 0 spiro atoms. The summed E-state index contributed by atoms with van der Waals surface area (Å²) in [6.45, 7) is 0.510. The molecule has 2 aromatic rings. The Hall–Kier alpha value is -2.21. The highest BCUT2D eigenvalue weighted by Crippen LogP contribution is 2.35. The Labute approximate surface area is 113 Å². The maximum Gasteiger partial charge on any atom is 0.139 e. The maximum atomic E-state index is 11.0. The molecule has 0 fully saturated rings. The normalized spacial score (nSPS) is 13.9. The largest absolute Gasteiger partial charge is 0.545 e. The van der Waals surface area contributed by atoms with Gasteiger partial charge in [-0.05, 0) is 12.1 Å². The number of aromatic carboxylic acids is 1. The van der Waals surface area contributed by atoms with Gasteiger partial charge in [-0.3, -0.25) is 4.98 Å². The molecule has 0 aromatic carbocycles. The molecule has 1 aliphatic rings. The van der Waals surface area contributed by atoms with E-state index in [4.69, 9.17) is 0 Å². The molecule has 0 bridgehead atoms. The van der Waals surface area contributed by atoms with Crippen LogP contribution in [0.25, 0.3) is 0 Å². The lowest BCUT2D eigenvalue weighted by atomic mass is 10.1. The van der Waals surface area contributed by atoms with Gasteiger partial charge >= 0.3 is 0 Å². The SMILES string of the molecule is CN1Cc2c(C(=O)[O-])csc2N=C1c1cccnc1. The number of carbonyl (C=O) groups excluding carboxylic acids is 1. The van der Waals surface area contributed by atoms with Crippen LogP contribution >= 0.6 is 11.3 Å². The Kier molecular flexibility index (Phi) is 2.79. The van der Waals surface area contributed by atoms with E-state index in [1.165, 1.54) is 11.3 Å². The fourth-order valence-electron chi connectivity index (χ4n) is 2.06. The molecule has 2 aromatic heterocycles. The van der Waals surface area contributed by atoms with Crippen LogP contribution in [0.5, 0.6) is 0 Å². The lowest BCUT2D eigenvalue weighted by molar-refractivity contribution is -0.255. The van der Waals surface area contributed by atoms with Gasteiger partial charge in [-0.2, -0.15) is 0 Å². The second kappa shape index (κ2) is 4.47. The molecule has 0 atom stereocenters. The lowest BCUT2D eigenvalue weighted by Crippen LogP contribution is -2.31. The van der Waals surface area contributed by atoms with E-state index in [1.54, 1.807) is 17.8 Å². The fourth-order valence-corrected chi connectivity index (χ4v) is 2.99. The van der Waals surface area contributed by atoms with Gasteiger partial charge in [-0.15, -0.1) is 11.3 Å². The van der Waals surface area contributed by atoms with Gasteiger partial charge in [-0.25, -0.2) is 4.99 Å². The van der Waals surface area contributed by atoms with E-state index in [-0.39, 0.29) is 5.56 Å². The van der Waals surface area contributed by atoms with Gasteiger partial charge in [0.1, 0.15) is 10.8 Å². The summed E-state index contributed by atoms with van der Waals surface area (Å²) in [5.74, 6) is -0.349. The number of aliphatic imine (C=N–C) groups is 1. The van der Waals surface area contributed by atoms with E-state index < -0.39 is 5.97 Å². The lowest BCUT2D eigenvalue weighted by Gasteiger charge is -2.26. The number of carbonyl (C=O) groups is 1.